The Kier molecular flexibility index (Phi) is 5.15. The number of amidine groups is 1. The summed E-state index contributed by atoms with van der Waals surface area (Å²) in [4.78, 5) is 40.7. The number of aromatic nitrogens is 1. The van der Waals surface area contributed by atoms with Crippen molar-refractivity contribution in [3.63, 3.8) is 0 Å². The van der Waals surface area contributed by atoms with Gasteiger partial charge < -0.3 is 19.4 Å². The number of aryl methyl sites for hydroxylation is 1. The molecule has 0 bridgehead atoms. The van der Waals surface area contributed by atoms with Gasteiger partial charge in [0, 0.05) is 37.8 Å². The summed E-state index contributed by atoms with van der Waals surface area (Å²) in [7, 11) is 1.66. The smallest absolute Gasteiger partial charge is 0.250 e. The molecule has 0 spiro atoms. The summed E-state index contributed by atoms with van der Waals surface area (Å²) < 4.78 is 5.52. The molecule has 1 aromatic heterocycles. The van der Waals surface area contributed by atoms with Gasteiger partial charge in [-0.2, -0.15) is 4.99 Å². The van der Waals surface area contributed by atoms with Crippen molar-refractivity contribution < 1.29 is 14.3 Å². The zero-order valence-electron chi connectivity index (χ0n) is 19.1. The minimum Gasteiger partial charge on any atom is -0.494 e. The van der Waals surface area contributed by atoms with Gasteiger partial charge in [0.1, 0.15) is 28.5 Å². The summed E-state index contributed by atoms with van der Waals surface area (Å²) in [6, 6.07) is 8.03. The molecular weight excluding hydrogens is 418 g/mol. The number of carbonyl (C=O) groups is 2. The van der Waals surface area contributed by atoms with Crippen LogP contribution in [0.15, 0.2) is 53.7 Å². The van der Waals surface area contributed by atoms with Gasteiger partial charge in [-0.25, -0.2) is 4.98 Å². The molecule has 0 saturated carbocycles. The third-order valence-corrected chi connectivity index (χ3v) is 6.67. The van der Waals surface area contributed by atoms with Gasteiger partial charge in [-0.05, 0) is 43.7 Å². The van der Waals surface area contributed by atoms with Crippen LogP contribution in [0.5, 0.6) is 5.75 Å². The third-order valence-electron chi connectivity index (χ3n) is 6.67. The number of hydrogen-bond acceptors (Lipinski definition) is 6. The Hall–Kier alpha value is -3.68. The van der Waals surface area contributed by atoms with Gasteiger partial charge in [0.2, 0.25) is 5.91 Å². The first-order valence-corrected chi connectivity index (χ1v) is 11.1. The number of benzene rings is 1. The fraction of sp³-hybridized carbons (Fsp3) is 0.360. The van der Waals surface area contributed by atoms with E-state index in [0.717, 1.165) is 28.0 Å². The second kappa shape index (κ2) is 8.03. The number of anilines is 1. The van der Waals surface area contributed by atoms with Crippen molar-refractivity contribution in [2.24, 2.45) is 4.99 Å². The molecule has 5 rings (SSSR count). The van der Waals surface area contributed by atoms with Crippen LogP contribution in [0, 0.1) is 6.92 Å². The van der Waals surface area contributed by atoms with Gasteiger partial charge in [0.05, 0.1) is 13.5 Å². The van der Waals surface area contributed by atoms with Crippen molar-refractivity contribution in [3.8, 4) is 5.75 Å². The molecule has 3 aliphatic heterocycles. The van der Waals surface area contributed by atoms with Crippen molar-refractivity contribution in [1.82, 2.24) is 14.8 Å². The van der Waals surface area contributed by atoms with Crippen molar-refractivity contribution in [1.29, 1.82) is 0 Å². The monoisotopic (exact) mass is 445 g/mol. The predicted molar refractivity (Wildman–Crippen MR) is 127 cm³/mol. The Morgan fingerprint density at radius 2 is 1.94 bits per heavy atom. The van der Waals surface area contributed by atoms with E-state index in [9.17, 15) is 9.59 Å². The summed E-state index contributed by atoms with van der Waals surface area (Å²) >= 11 is 0. The van der Waals surface area contributed by atoms with Crippen molar-refractivity contribution in [2.45, 2.75) is 25.8 Å². The third kappa shape index (κ3) is 3.55. The normalized spacial score (nSPS) is 22.5. The topological polar surface area (TPSA) is 78.3 Å². The average molecular weight is 446 g/mol. The minimum atomic E-state index is -0.969. The van der Waals surface area contributed by atoms with E-state index in [4.69, 9.17) is 9.72 Å². The molecule has 1 unspecified atom stereocenters. The number of pyridine rings is 1. The van der Waals surface area contributed by atoms with E-state index >= 15 is 0 Å². The van der Waals surface area contributed by atoms with Gasteiger partial charge in [0.25, 0.3) is 5.91 Å². The quantitative estimate of drug-likeness (QED) is 0.723. The number of methoxy groups -OCH3 is 1. The van der Waals surface area contributed by atoms with Crippen molar-refractivity contribution in [2.75, 3.05) is 38.2 Å². The number of hydrogen-bond donors (Lipinski definition) is 0. The molecule has 4 heterocycles. The summed E-state index contributed by atoms with van der Waals surface area (Å²) in [6.45, 7) is 6.37. The highest BCUT2D eigenvalue weighted by Crippen LogP contribution is 2.32. The highest BCUT2D eigenvalue weighted by molar-refractivity contribution is 6.09. The van der Waals surface area contributed by atoms with Gasteiger partial charge in [-0.1, -0.05) is 18.2 Å². The highest BCUT2D eigenvalue weighted by atomic mass is 16.5. The molecule has 1 atom stereocenters. The van der Waals surface area contributed by atoms with Crippen LogP contribution >= 0.6 is 0 Å². The van der Waals surface area contributed by atoms with E-state index in [2.05, 4.69) is 28.9 Å². The average Bonchev–Trinajstić information content (AvgIpc) is 2.83. The second-order valence-electron chi connectivity index (χ2n) is 8.82. The Bertz CT molecular complexity index is 1230. The first-order chi connectivity index (χ1) is 15.9. The number of amides is 2. The van der Waals surface area contributed by atoms with E-state index in [-0.39, 0.29) is 18.2 Å². The molecule has 33 heavy (non-hydrogen) atoms. The zero-order chi connectivity index (χ0) is 23.2. The maximum absolute atomic E-state index is 13.6. The van der Waals surface area contributed by atoms with Gasteiger partial charge >= 0.3 is 0 Å². The maximum Gasteiger partial charge on any atom is 0.250 e. The summed E-state index contributed by atoms with van der Waals surface area (Å²) in [5.74, 6) is 1.84. The Balaban J connectivity index is 1.35. The van der Waals surface area contributed by atoms with Crippen LogP contribution in [-0.4, -0.2) is 71.3 Å². The van der Waals surface area contributed by atoms with E-state index < -0.39 is 5.54 Å². The molecule has 2 amide bonds. The first kappa shape index (κ1) is 21.2. The van der Waals surface area contributed by atoms with Crippen LogP contribution < -0.4 is 9.64 Å². The molecular formula is C25H27N5O3. The van der Waals surface area contributed by atoms with Crippen LogP contribution in [0.25, 0.3) is 10.9 Å². The SMILES string of the molecule is COc1cccc2c(C)cc(N3CCN(C(=O)C4(C)CC(=O)N=C5C=CC=CN54)CC3)nc12. The van der Waals surface area contributed by atoms with Crippen molar-refractivity contribution in [3.05, 3.63) is 54.3 Å². The van der Waals surface area contributed by atoms with Gasteiger partial charge in [-0.3, -0.25) is 9.59 Å². The van der Waals surface area contributed by atoms with E-state index in [1.165, 1.54) is 0 Å². The van der Waals surface area contributed by atoms with E-state index in [1.807, 2.05) is 47.2 Å². The standard InChI is InChI=1S/C25H27N5O3/c1-17-15-21(27-23-18(17)7-6-8-19(23)33-3)28-11-13-29(14-12-28)24(32)25(2)16-22(31)26-20-9-4-5-10-30(20)25/h4-10,15H,11-14,16H2,1-3H3. The number of aliphatic imine (C=N–C) groups is 1. The second-order valence-corrected chi connectivity index (χ2v) is 8.82. The lowest BCUT2D eigenvalue weighted by Crippen LogP contribution is -2.63. The first-order valence-electron chi connectivity index (χ1n) is 11.1. The lowest BCUT2D eigenvalue weighted by molar-refractivity contribution is -0.144. The van der Waals surface area contributed by atoms with Crippen LogP contribution in [0.2, 0.25) is 0 Å². The number of fused-ring (bicyclic) bond motifs is 2. The fourth-order valence-electron chi connectivity index (χ4n) is 4.85. The molecule has 1 fully saturated rings. The molecule has 170 valence electrons. The largest absolute Gasteiger partial charge is 0.494 e. The molecule has 8 nitrogen and oxygen atoms in total. The number of para-hydroxylation sites is 1. The molecule has 2 aromatic rings. The summed E-state index contributed by atoms with van der Waals surface area (Å²) in [5.41, 5.74) is 1.01. The Morgan fingerprint density at radius 1 is 1.15 bits per heavy atom. The lowest BCUT2D eigenvalue weighted by atomic mass is 9.90. The predicted octanol–water partition coefficient (Wildman–Crippen LogP) is 2.67. The lowest BCUT2D eigenvalue weighted by Gasteiger charge is -2.46. The highest BCUT2D eigenvalue weighted by Gasteiger charge is 2.47. The molecule has 0 N–H and O–H groups in total. The fourth-order valence-corrected chi connectivity index (χ4v) is 4.85. The maximum atomic E-state index is 13.6. The molecule has 1 saturated heterocycles. The van der Waals surface area contributed by atoms with Gasteiger partial charge in [0.15, 0.2) is 0 Å². The van der Waals surface area contributed by atoms with Crippen LogP contribution in [0.4, 0.5) is 5.82 Å². The number of carbonyl (C=O) groups excluding carboxylic acids is 2. The zero-order valence-corrected chi connectivity index (χ0v) is 19.1. The van der Waals surface area contributed by atoms with Crippen LogP contribution in [0.3, 0.4) is 0 Å². The number of allylic oxidation sites excluding steroid dienone is 2. The molecule has 3 aliphatic rings. The molecule has 0 radical (unpaired) electrons. The minimum absolute atomic E-state index is 0.0489. The Labute approximate surface area is 192 Å². The number of nitrogens with zero attached hydrogens (tertiary/aromatic N) is 5. The Morgan fingerprint density at radius 3 is 2.70 bits per heavy atom. The van der Waals surface area contributed by atoms with E-state index in [1.54, 1.807) is 13.2 Å². The molecule has 1 aromatic carbocycles. The number of ether oxygens (including phenoxy) is 1. The van der Waals surface area contributed by atoms with Crippen LogP contribution in [0.1, 0.15) is 18.9 Å². The van der Waals surface area contributed by atoms with Crippen LogP contribution in [-0.2, 0) is 9.59 Å². The van der Waals surface area contributed by atoms with E-state index in [0.29, 0.717) is 32.0 Å². The number of piperazine rings is 1. The van der Waals surface area contributed by atoms with Gasteiger partial charge in [-0.15, -0.1) is 0 Å². The molecule has 0 aliphatic carbocycles. The molecule has 8 heteroatoms. The number of rotatable bonds is 3. The summed E-state index contributed by atoms with van der Waals surface area (Å²) in [5, 5.41) is 1.07. The van der Waals surface area contributed by atoms with Crippen molar-refractivity contribution >= 4 is 34.4 Å². The summed E-state index contributed by atoms with van der Waals surface area (Å²) in [6.07, 6.45) is 7.35.